The largest absolute Gasteiger partial charge is 0.481 e. The maximum atomic E-state index is 12.5. The number of hydrogen-bond acceptors (Lipinski definition) is 3. The van der Waals surface area contributed by atoms with Gasteiger partial charge in [-0.3, -0.25) is 9.59 Å². The number of amides is 1. The Morgan fingerprint density at radius 3 is 2.62 bits per heavy atom. The third-order valence-electron chi connectivity index (χ3n) is 3.98. The third-order valence-corrected chi connectivity index (χ3v) is 5.12. The minimum Gasteiger partial charge on any atom is -0.481 e. The molecule has 1 aliphatic rings. The summed E-state index contributed by atoms with van der Waals surface area (Å²) in [5, 5.41) is 10.0. The van der Waals surface area contributed by atoms with Gasteiger partial charge in [0.05, 0.1) is 5.41 Å². The van der Waals surface area contributed by atoms with Gasteiger partial charge in [-0.1, -0.05) is 37.3 Å². The van der Waals surface area contributed by atoms with Crippen molar-refractivity contribution < 1.29 is 14.7 Å². The van der Waals surface area contributed by atoms with Crippen LogP contribution in [0.5, 0.6) is 0 Å². The fraction of sp³-hybridized carbons (Fsp3) is 0.500. The molecule has 1 aromatic rings. The van der Waals surface area contributed by atoms with Crippen LogP contribution in [0.3, 0.4) is 0 Å². The van der Waals surface area contributed by atoms with Gasteiger partial charge in [0.25, 0.3) is 0 Å². The van der Waals surface area contributed by atoms with Crippen molar-refractivity contribution >= 4 is 23.6 Å². The zero-order chi connectivity index (χ0) is 15.5. The molecule has 1 N–H and O–H groups in total. The summed E-state index contributed by atoms with van der Waals surface area (Å²) in [7, 11) is 0. The number of benzene rings is 1. The SMILES string of the molecule is CC1CN(C(=O)CC(C)(C(=O)O)c2ccccc2)CCS1. The molecule has 0 radical (unpaired) electrons. The summed E-state index contributed by atoms with van der Waals surface area (Å²) < 4.78 is 0. The number of carboxylic acids is 1. The van der Waals surface area contributed by atoms with Crippen molar-refractivity contribution in [2.24, 2.45) is 0 Å². The summed E-state index contributed by atoms with van der Waals surface area (Å²) in [4.78, 5) is 26.0. The van der Waals surface area contributed by atoms with Gasteiger partial charge in [0.1, 0.15) is 0 Å². The number of thioether (sulfide) groups is 1. The molecule has 5 heteroatoms. The first-order valence-corrected chi connectivity index (χ1v) is 8.16. The number of carbonyl (C=O) groups is 2. The van der Waals surface area contributed by atoms with E-state index >= 15 is 0 Å². The molecule has 0 spiro atoms. The molecular weight excluding hydrogens is 286 g/mol. The molecule has 1 heterocycles. The monoisotopic (exact) mass is 307 g/mol. The van der Waals surface area contributed by atoms with Gasteiger partial charge < -0.3 is 10.0 Å². The Hall–Kier alpha value is -1.49. The summed E-state index contributed by atoms with van der Waals surface area (Å²) in [6.45, 7) is 5.13. The molecule has 1 aromatic carbocycles. The number of carbonyl (C=O) groups excluding carboxylic acids is 1. The lowest BCUT2D eigenvalue weighted by Gasteiger charge is -2.33. The van der Waals surface area contributed by atoms with Gasteiger partial charge in [-0.15, -0.1) is 0 Å². The van der Waals surface area contributed by atoms with Crippen LogP contribution >= 0.6 is 11.8 Å². The summed E-state index contributed by atoms with van der Waals surface area (Å²) in [5.41, 5.74) is -0.503. The highest BCUT2D eigenvalue weighted by Gasteiger charge is 2.39. The Morgan fingerprint density at radius 2 is 2.05 bits per heavy atom. The number of nitrogens with zero attached hydrogens (tertiary/aromatic N) is 1. The lowest BCUT2D eigenvalue weighted by Crippen LogP contribution is -2.45. The van der Waals surface area contributed by atoms with Crippen LogP contribution in [0.1, 0.15) is 25.8 Å². The average molecular weight is 307 g/mol. The third kappa shape index (κ3) is 3.59. The van der Waals surface area contributed by atoms with Crippen LogP contribution in [0.25, 0.3) is 0 Å². The quantitative estimate of drug-likeness (QED) is 0.928. The fourth-order valence-electron chi connectivity index (χ4n) is 2.57. The van der Waals surface area contributed by atoms with Crippen LogP contribution in [0.4, 0.5) is 0 Å². The van der Waals surface area contributed by atoms with Gasteiger partial charge >= 0.3 is 5.97 Å². The lowest BCUT2D eigenvalue weighted by atomic mass is 9.79. The first kappa shape index (κ1) is 15.9. The van der Waals surface area contributed by atoms with E-state index in [0.29, 0.717) is 23.9 Å². The molecule has 0 bridgehead atoms. The maximum absolute atomic E-state index is 12.5. The van der Waals surface area contributed by atoms with E-state index in [1.54, 1.807) is 36.1 Å². The van der Waals surface area contributed by atoms with Crippen LogP contribution in [0.2, 0.25) is 0 Å². The minimum atomic E-state index is -1.17. The van der Waals surface area contributed by atoms with Crippen LogP contribution < -0.4 is 0 Å². The van der Waals surface area contributed by atoms with E-state index in [-0.39, 0.29) is 12.3 Å². The zero-order valence-corrected chi connectivity index (χ0v) is 13.2. The Labute approximate surface area is 129 Å². The molecule has 0 saturated carbocycles. The predicted octanol–water partition coefficient (Wildman–Crippen LogP) is 2.38. The van der Waals surface area contributed by atoms with Gasteiger partial charge in [-0.2, -0.15) is 11.8 Å². The van der Waals surface area contributed by atoms with Crippen molar-refractivity contribution in [3.05, 3.63) is 35.9 Å². The highest BCUT2D eigenvalue weighted by Crippen LogP contribution is 2.30. The highest BCUT2D eigenvalue weighted by molar-refractivity contribution is 7.99. The number of aliphatic carboxylic acids is 1. The van der Waals surface area contributed by atoms with Gasteiger partial charge in [0.2, 0.25) is 5.91 Å². The minimum absolute atomic E-state index is 0.00370. The van der Waals surface area contributed by atoms with E-state index in [1.807, 2.05) is 17.8 Å². The number of carboxylic acid groups (broad SMARTS) is 1. The van der Waals surface area contributed by atoms with Crippen molar-refractivity contribution in [1.29, 1.82) is 0 Å². The fourth-order valence-corrected chi connectivity index (χ4v) is 3.58. The molecule has 114 valence electrons. The lowest BCUT2D eigenvalue weighted by molar-refractivity contribution is -0.147. The van der Waals surface area contributed by atoms with Gasteiger partial charge in [-0.25, -0.2) is 0 Å². The number of hydrogen-bond donors (Lipinski definition) is 1. The van der Waals surface area contributed by atoms with Crippen molar-refractivity contribution in [2.45, 2.75) is 30.9 Å². The van der Waals surface area contributed by atoms with E-state index in [4.69, 9.17) is 0 Å². The maximum Gasteiger partial charge on any atom is 0.314 e. The molecule has 2 rings (SSSR count). The first-order chi connectivity index (χ1) is 9.93. The van der Waals surface area contributed by atoms with Crippen molar-refractivity contribution in [3.63, 3.8) is 0 Å². The Balaban J connectivity index is 2.17. The van der Waals surface area contributed by atoms with Crippen molar-refractivity contribution in [3.8, 4) is 0 Å². The topological polar surface area (TPSA) is 57.6 Å². The standard InChI is InChI=1S/C16H21NO3S/c1-12-11-17(8-9-21-12)14(18)10-16(2,15(19)20)13-6-4-3-5-7-13/h3-7,12H,8-11H2,1-2H3,(H,19,20). The van der Waals surface area contributed by atoms with Gasteiger partial charge in [-0.05, 0) is 12.5 Å². The van der Waals surface area contributed by atoms with E-state index < -0.39 is 11.4 Å². The van der Waals surface area contributed by atoms with E-state index in [2.05, 4.69) is 6.92 Å². The van der Waals surface area contributed by atoms with Crippen molar-refractivity contribution in [1.82, 2.24) is 4.90 Å². The Kier molecular flexibility index (Phi) is 4.93. The van der Waals surface area contributed by atoms with Crippen LogP contribution in [-0.4, -0.2) is 46.0 Å². The van der Waals surface area contributed by atoms with Crippen LogP contribution in [-0.2, 0) is 15.0 Å². The molecule has 4 nitrogen and oxygen atoms in total. The Bertz CT molecular complexity index is 520. The normalized spacial score (nSPS) is 21.6. The molecular formula is C16H21NO3S. The molecule has 0 aliphatic carbocycles. The molecule has 1 saturated heterocycles. The van der Waals surface area contributed by atoms with Crippen LogP contribution in [0.15, 0.2) is 30.3 Å². The summed E-state index contributed by atoms with van der Waals surface area (Å²) in [6.07, 6.45) is 0.00370. The van der Waals surface area contributed by atoms with Crippen LogP contribution in [0, 0.1) is 0 Å². The van der Waals surface area contributed by atoms with E-state index in [1.165, 1.54) is 0 Å². The predicted molar refractivity (Wildman–Crippen MR) is 84.5 cm³/mol. The van der Waals surface area contributed by atoms with Gasteiger partial charge in [0, 0.05) is 30.5 Å². The number of rotatable bonds is 4. The van der Waals surface area contributed by atoms with E-state index in [0.717, 1.165) is 5.75 Å². The molecule has 0 aromatic heterocycles. The summed E-state index contributed by atoms with van der Waals surface area (Å²) in [6, 6.07) is 9.00. The smallest absolute Gasteiger partial charge is 0.314 e. The highest BCUT2D eigenvalue weighted by atomic mass is 32.2. The first-order valence-electron chi connectivity index (χ1n) is 7.12. The van der Waals surface area contributed by atoms with Gasteiger partial charge in [0.15, 0.2) is 0 Å². The molecule has 2 unspecified atom stereocenters. The molecule has 1 aliphatic heterocycles. The Morgan fingerprint density at radius 1 is 1.38 bits per heavy atom. The molecule has 21 heavy (non-hydrogen) atoms. The second kappa shape index (κ2) is 6.52. The zero-order valence-electron chi connectivity index (χ0n) is 12.4. The molecule has 1 fully saturated rings. The second-order valence-electron chi connectivity index (χ2n) is 5.70. The second-order valence-corrected chi connectivity index (χ2v) is 7.25. The molecule has 1 amide bonds. The molecule has 2 atom stereocenters. The summed E-state index contributed by atoms with van der Waals surface area (Å²) >= 11 is 1.85. The summed E-state index contributed by atoms with van der Waals surface area (Å²) in [5.74, 6) is -0.112. The van der Waals surface area contributed by atoms with E-state index in [9.17, 15) is 14.7 Å². The van der Waals surface area contributed by atoms with Crippen molar-refractivity contribution in [2.75, 3.05) is 18.8 Å². The average Bonchev–Trinajstić information content (AvgIpc) is 2.47.